The molecule has 0 saturated carbocycles. The predicted molar refractivity (Wildman–Crippen MR) is 109 cm³/mol. The van der Waals surface area contributed by atoms with Crippen molar-refractivity contribution < 1.29 is 4.79 Å². The Morgan fingerprint density at radius 1 is 0.846 bits per heavy atom. The van der Waals surface area contributed by atoms with Crippen LogP contribution in [0.2, 0.25) is 0 Å². The Morgan fingerprint density at radius 2 is 1.23 bits per heavy atom. The Kier molecular flexibility index (Phi) is 6.60. The van der Waals surface area contributed by atoms with Gasteiger partial charge in [0.2, 0.25) is 5.91 Å². The van der Waals surface area contributed by atoms with E-state index in [1.165, 1.54) is 33.4 Å². The van der Waals surface area contributed by atoms with Gasteiger partial charge in [0.25, 0.3) is 0 Å². The van der Waals surface area contributed by atoms with E-state index in [4.69, 9.17) is 5.73 Å². The van der Waals surface area contributed by atoms with Crippen LogP contribution in [0.1, 0.15) is 40.3 Å². The van der Waals surface area contributed by atoms with Crippen LogP contribution in [0, 0.1) is 33.1 Å². The fraction of sp³-hybridized carbons (Fsp3) is 0.435. The highest BCUT2D eigenvalue weighted by Crippen LogP contribution is 2.29. The largest absolute Gasteiger partial charge is 0.356 e. The first kappa shape index (κ1) is 20.2. The second kappa shape index (κ2) is 8.50. The fourth-order valence-corrected chi connectivity index (χ4v) is 3.93. The van der Waals surface area contributed by atoms with Gasteiger partial charge in [-0.15, -0.1) is 0 Å². The number of nitrogens with one attached hydrogen (secondary N) is 1. The molecule has 0 aliphatic heterocycles. The summed E-state index contributed by atoms with van der Waals surface area (Å²) < 4.78 is 0. The molecule has 0 bridgehead atoms. The Hall–Kier alpha value is -2.13. The molecule has 140 valence electrons. The van der Waals surface area contributed by atoms with Gasteiger partial charge in [-0.2, -0.15) is 0 Å². The van der Waals surface area contributed by atoms with Gasteiger partial charge in [0.1, 0.15) is 0 Å². The first-order valence-electron chi connectivity index (χ1n) is 9.40. The molecular weight excluding hydrogens is 320 g/mol. The monoisotopic (exact) mass is 352 g/mol. The first-order chi connectivity index (χ1) is 12.3. The minimum atomic E-state index is -0.642. The Bertz CT molecular complexity index is 686. The van der Waals surface area contributed by atoms with Gasteiger partial charge < -0.3 is 11.1 Å². The molecule has 3 N–H and O–H groups in total. The lowest BCUT2D eigenvalue weighted by Gasteiger charge is -2.32. The van der Waals surface area contributed by atoms with Crippen molar-refractivity contribution in [2.75, 3.05) is 13.1 Å². The number of carbonyl (C=O) groups excluding carboxylic acids is 1. The van der Waals surface area contributed by atoms with Gasteiger partial charge in [0.15, 0.2) is 0 Å². The first-order valence-corrected chi connectivity index (χ1v) is 9.40. The summed E-state index contributed by atoms with van der Waals surface area (Å²) in [6.45, 7) is 11.3. The van der Waals surface area contributed by atoms with E-state index in [1.807, 2.05) is 6.92 Å². The van der Waals surface area contributed by atoms with Gasteiger partial charge in [0.05, 0.1) is 5.41 Å². The fourth-order valence-electron chi connectivity index (χ4n) is 3.93. The number of aryl methyl sites for hydroxylation is 4. The molecule has 0 aliphatic carbocycles. The summed E-state index contributed by atoms with van der Waals surface area (Å²) in [5.41, 5.74) is 12.8. The number of hydrogen-bond acceptors (Lipinski definition) is 2. The standard InChI is InChI=1S/C23H32N2O/c1-6-25-22(26)23(15-24,13-20-9-16(2)7-17(3)10-20)14-21-11-18(4)8-19(5)12-21/h7-12H,6,13-15,24H2,1-5H3,(H,25,26). The van der Waals surface area contributed by atoms with Crippen LogP contribution in [0.5, 0.6) is 0 Å². The molecule has 1 amide bonds. The smallest absolute Gasteiger partial charge is 0.228 e. The molecule has 2 rings (SSSR count). The highest BCUT2D eigenvalue weighted by molar-refractivity contribution is 5.83. The molecule has 26 heavy (non-hydrogen) atoms. The molecule has 0 heterocycles. The van der Waals surface area contributed by atoms with E-state index in [9.17, 15) is 4.79 Å². The van der Waals surface area contributed by atoms with Gasteiger partial charge in [-0.3, -0.25) is 4.79 Å². The molecule has 3 nitrogen and oxygen atoms in total. The van der Waals surface area contributed by atoms with Crippen molar-refractivity contribution in [3.8, 4) is 0 Å². The third-order valence-electron chi connectivity index (χ3n) is 4.86. The lowest BCUT2D eigenvalue weighted by Crippen LogP contribution is -2.49. The van der Waals surface area contributed by atoms with Crippen LogP contribution in [0.25, 0.3) is 0 Å². The number of nitrogens with two attached hydrogens (primary N) is 1. The van der Waals surface area contributed by atoms with Gasteiger partial charge >= 0.3 is 0 Å². The van der Waals surface area contributed by atoms with E-state index in [0.29, 0.717) is 25.9 Å². The minimum absolute atomic E-state index is 0.0424. The van der Waals surface area contributed by atoms with Crippen molar-refractivity contribution in [2.45, 2.75) is 47.5 Å². The van der Waals surface area contributed by atoms with Crippen LogP contribution in [0.4, 0.5) is 0 Å². The van der Waals surface area contributed by atoms with Crippen LogP contribution in [0.15, 0.2) is 36.4 Å². The number of hydrogen-bond donors (Lipinski definition) is 2. The molecule has 0 aromatic heterocycles. The van der Waals surface area contributed by atoms with Crippen molar-refractivity contribution in [1.29, 1.82) is 0 Å². The van der Waals surface area contributed by atoms with E-state index in [-0.39, 0.29) is 5.91 Å². The average molecular weight is 353 g/mol. The van der Waals surface area contributed by atoms with Crippen molar-refractivity contribution in [3.63, 3.8) is 0 Å². The second-order valence-corrected chi connectivity index (χ2v) is 7.69. The maximum atomic E-state index is 13.1. The second-order valence-electron chi connectivity index (χ2n) is 7.69. The molecule has 0 fully saturated rings. The zero-order valence-electron chi connectivity index (χ0n) is 16.8. The van der Waals surface area contributed by atoms with E-state index < -0.39 is 5.41 Å². The summed E-state index contributed by atoms with van der Waals surface area (Å²) >= 11 is 0. The van der Waals surface area contributed by atoms with Crippen LogP contribution in [-0.4, -0.2) is 19.0 Å². The van der Waals surface area contributed by atoms with E-state index in [0.717, 1.165) is 0 Å². The minimum Gasteiger partial charge on any atom is -0.356 e. The van der Waals surface area contributed by atoms with E-state index in [1.54, 1.807) is 0 Å². The summed E-state index contributed by atoms with van der Waals surface area (Å²) in [7, 11) is 0. The molecule has 3 heteroatoms. The summed E-state index contributed by atoms with van der Waals surface area (Å²) in [6, 6.07) is 13.0. The molecule has 0 saturated heterocycles. The third kappa shape index (κ3) is 4.95. The maximum Gasteiger partial charge on any atom is 0.228 e. The molecular formula is C23H32N2O. The summed E-state index contributed by atoms with van der Waals surface area (Å²) in [6.07, 6.45) is 1.29. The van der Waals surface area contributed by atoms with Gasteiger partial charge in [-0.05, 0) is 58.6 Å². The number of benzene rings is 2. The van der Waals surface area contributed by atoms with Crippen LogP contribution >= 0.6 is 0 Å². The predicted octanol–water partition coefficient (Wildman–Crippen LogP) is 3.79. The molecule has 2 aromatic rings. The number of carbonyl (C=O) groups is 1. The molecule has 0 spiro atoms. The van der Waals surface area contributed by atoms with Crippen molar-refractivity contribution in [3.05, 3.63) is 69.8 Å². The zero-order valence-corrected chi connectivity index (χ0v) is 16.8. The van der Waals surface area contributed by atoms with Gasteiger partial charge in [-0.1, -0.05) is 58.7 Å². The SMILES string of the molecule is CCNC(=O)C(CN)(Cc1cc(C)cc(C)c1)Cc1cc(C)cc(C)c1. The van der Waals surface area contributed by atoms with Crippen molar-refractivity contribution >= 4 is 5.91 Å². The van der Waals surface area contributed by atoms with Gasteiger partial charge in [0, 0.05) is 13.1 Å². The molecule has 0 unspecified atom stereocenters. The Balaban J connectivity index is 2.44. The zero-order chi connectivity index (χ0) is 19.3. The number of rotatable bonds is 7. The lowest BCUT2D eigenvalue weighted by molar-refractivity contribution is -0.130. The third-order valence-corrected chi connectivity index (χ3v) is 4.86. The normalized spacial score (nSPS) is 11.5. The van der Waals surface area contributed by atoms with E-state index >= 15 is 0 Å². The quantitative estimate of drug-likeness (QED) is 0.796. The summed E-state index contributed by atoms with van der Waals surface area (Å²) in [5, 5.41) is 3.02. The lowest BCUT2D eigenvalue weighted by atomic mass is 9.75. The molecule has 2 aromatic carbocycles. The molecule has 0 aliphatic rings. The van der Waals surface area contributed by atoms with Crippen LogP contribution in [-0.2, 0) is 17.6 Å². The molecule has 0 radical (unpaired) electrons. The van der Waals surface area contributed by atoms with Crippen LogP contribution < -0.4 is 11.1 Å². The maximum absolute atomic E-state index is 13.1. The van der Waals surface area contributed by atoms with Crippen LogP contribution in [0.3, 0.4) is 0 Å². The summed E-state index contributed by atoms with van der Waals surface area (Å²) in [4.78, 5) is 13.1. The van der Waals surface area contributed by atoms with E-state index in [2.05, 4.69) is 69.4 Å². The van der Waals surface area contributed by atoms with Crippen molar-refractivity contribution in [1.82, 2.24) is 5.32 Å². The molecule has 0 atom stereocenters. The van der Waals surface area contributed by atoms with Crippen molar-refractivity contribution in [2.24, 2.45) is 11.1 Å². The van der Waals surface area contributed by atoms with Gasteiger partial charge in [-0.25, -0.2) is 0 Å². The number of amides is 1. The highest BCUT2D eigenvalue weighted by atomic mass is 16.2. The Morgan fingerprint density at radius 3 is 1.54 bits per heavy atom. The summed E-state index contributed by atoms with van der Waals surface area (Å²) in [5.74, 6) is 0.0424. The highest BCUT2D eigenvalue weighted by Gasteiger charge is 2.37. The topological polar surface area (TPSA) is 55.1 Å². The Labute approximate surface area is 158 Å². The average Bonchev–Trinajstić information content (AvgIpc) is 2.52.